The minimum Gasteiger partial charge on any atom is -0.444 e. The Morgan fingerprint density at radius 2 is 2.10 bits per heavy atom. The molecule has 2 unspecified atom stereocenters. The molecule has 0 N–H and O–H groups in total. The first-order chi connectivity index (χ1) is 9.97. The summed E-state index contributed by atoms with van der Waals surface area (Å²) < 4.78 is 8.76. The maximum atomic E-state index is 6.31. The van der Waals surface area contributed by atoms with Crippen molar-refractivity contribution in [3.8, 4) is 0 Å². The second-order valence-electron chi connectivity index (χ2n) is 5.07. The van der Waals surface area contributed by atoms with Crippen LogP contribution in [0.15, 0.2) is 33.3 Å². The van der Waals surface area contributed by atoms with Gasteiger partial charge >= 0.3 is 0 Å². The average molecular weight is 369 g/mol. The Hall–Kier alpha value is -1.33. The van der Waals surface area contributed by atoms with Gasteiger partial charge in [0.2, 0.25) is 5.89 Å². The van der Waals surface area contributed by atoms with Crippen molar-refractivity contribution in [3.63, 3.8) is 0 Å². The van der Waals surface area contributed by atoms with Crippen LogP contribution in [0.3, 0.4) is 0 Å². The van der Waals surface area contributed by atoms with Gasteiger partial charge in [-0.15, -0.1) is 11.6 Å². The minimum atomic E-state index is -0.199. The summed E-state index contributed by atoms with van der Waals surface area (Å²) in [6.07, 6.45) is 1.73. The van der Waals surface area contributed by atoms with Gasteiger partial charge < -0.3 is 8.98 Å². The highest BCUT2D eigenvalue weighted by atomic mass is 79.9. The Morgan fingerprint density at radius 1 is 1.33 bits per heavy atom. The Morgan fingerprint density at radius 3 is 2.71 bits per heavy atom. The molecule has 0 spiro atoms. The summed E-state index contributed by atoms with van der Waals surface area (Å²) in [5.41, 5.74) is 1.92. The van der Waals surface area contributed by atoms with E-state index in [1.807, 2.05) is 39.0 Å². The van der Waals surface area contributed by atoms with E-state index in [0.29, 0.717) is 5.89 Å². The summed E-state index contributed by atoms with van der Waals surface area (Å²) in [7, 11) is 0. The zero-order valence-corrected chi connectivity index (χ0v) is 14.3. The predicted molar refractivity (Wildman–Crippen MR) is 86.8 cm³/mol. The molecule has 0 aliphatic heterocycles. The molecule has 0 fully saturated rings. The van der Waals surface area contributed by atoms with Crippen LogP contribution >= 0.6 is 27.5 Å². The highest BCUT2D eigenvalue weighted by Crippen LogP contribution is 2.32. The van der Waals surface area contributed by atoms with Crippen molar-refractivity contribution >= 4 is 38.6 Å². The highest BCUT2D eigenvalue weighted by molar-refractivity contribution is 9.10. The standard InChI is InChI=1S/C15H15BrClN3O/c1-8-7-18-15(21-8)10(3)20-13-6-11(16)4-5-12(13)19-14(20)9(2)17/h4-7,9-10H,1-3H3. The molecule has 2 heterocycles. The first-order valence-electron chi connectivity index (χ1n) is 6.71. The van der Waals surface area contributed by atoms with Crippen molar-refractivity contribution in [2.75, 3.05) is 0 Å². The van der Waals surface area contributed by atoms with E-state index in [-0.39, 0.29) is 11.4 Å². The number of imidazole rings is 1. The number of halogens is 2. The zero-order valence-electron chi connectivity index (χ0n) is 12.0. The average Bonchev–Trinajstić information content (AvgIpc) is 3.01. The molecule has 1 aromatic carbocycles. The Bertz CT molecular complexity index is 793. The summed E-state index contributed by atoms with van der Waals surface area (Å²) in [6, 6.07) is 5.92. The summed E-state index contributed by atoms with van der Waals surface area (Å²) in [4.78, 5) is 8.98. The molecule has 0 aliphatic rings. The molecule has 2 aromatic heterocycles. The monoisotopic (exact) mass is 367 g/mol. The fourth-order valence-electron chi connectivity index (χ4n) is 2.45. The van der Waals surface area contributed by atoms with Crippen molar-refractivity contribution in [3.05, 3.63) is 46.3 Å². The second-order valence-corrected chi connectivity index (χ2v) is 6.64. The Kier molecular flexibility index (Phi) is 3.80. The van der Waals surface area contributed by atoms with Crippen molar-refractivity contribution < 1.29 is 4.42 Å². The van der Waals surface area contributed by atoms with Crippen LogP contribution in [0.5, 0.6) is 0 Å². The normalized spacial score (nSPS) is 14.5. The fourth-order valence-corrected chi connectivity index (χ4v) is 2.95. The van der Waals surface area contributed by atoms with Crippen LogP contribution in [-0.4, -0.2) is 14.5 Å². The number of aryl methyl sites for hydroxylation is 1. The van der Waals surface area contributed by atoms with Crippen LogP contribution in [0.25, 0.3) is 11.0 Å². The van der Waals surface area contributed by atoms with Crippen LogP contribution in [0.1, 0.15) is 42.7 Å². The molecule has 0 bridgehead atoms. The van der Waals surface area contributed by atoms with Gasteiger partial charge in [-0.1, -0.05) is 15.9 Å². The molecule has 0 saturated carbocycles. The van der Waals surface area contributed by atoms with Crippen LogP contribution in [0.2, 0.25) is 0 Å². The van der Waals surface area contributed by atoms with E-state index < -0.39 is 0 Å². The second kappa shape index (κ2) is 5.46. The number of nitrogens with zero attached hydrogens (tertiary/aromatic N) is 3. The maximum absolute atomic E-state index is 6.31. The molecule has 21 heavy (non-hydrogen) atoms. The largest absolute Gasteiger partial charge is 0.444 e. The Labute approximate surface area is 136 Å². The minimum absolute atomic E-state index is 0.0748. The van der Waals surface area contributed by atoms with E-state index in [1.165, 1.54) is 0 Å². The lowest BCUT2D eigenvalue weighted by atomic mass is 10.2. The number of hydrogen-bond donors (Lipinski definition) is 0. The molecule has 0 aliphatic carbocycles. The Balaban J connectivity index is 2.23. The molecule has 4 nitrogen and oxygen atoms in total. The first-order valence-corrected chi connectivity index (χ1v) is 7.94. The van der Waals surface area contributed by atoms with Gasteiger partial charge in [0.25, 0.3) is 0 Å². The number of rotatable bonds is 3. The van der Waals surface area contributed by atoms with Crippen molar-refractivity contribution in [1.82, 2.24) is 14.5 Å². The first kappa shape index (κ1) is 14.6. The van der Waals surface area contributed by atoms with Crippen LogP contribution < -0.4 is 0 Å². The van der Waals surface area contributed by atoms with E-state index in [1.54, 1.807) is 6.20 Å². The fraction of sp³-hybridized carbons (Fsp3) is 0.333. The number of alkyl halides is 1. The lowest BCUT2D eigenvalue weighted by Gasteiger charge is -2.16. The quantitative estimate of drug-likeness (QED) is 0.611. The van der Waals surface area contributed by atoms with Crippen LogP contribution in [-0.2, 0) is 0 Å². The summed E-state index contributed by atoms with van der Waals surface area (Å²) in [5, 5.41) is -0.199. The third-order valence-corrected chi connectivity index (χ3v) is 4.11. The van der Waals surface area contributed by atoms with Crippen molar-refractivity contribution in [2.45, 2.75) is 32.2 Å². The molecule has 3 rings (SSSR count). The molecule has 6 heteroatoms. The molecular formula is C15H15BrClN3O. The van der Waals surface area contributed by atoms with Gasteiger partial charge in [-0.25, -0.2) is 9.97 Å². The van der Waals surface area contributed by atoms with E-state index in [2.05, 4.69) is 30.5 Å². The molecule has 0 saturated heterocycles. The molecule has 3 aromatic rings. The van der Waals surface area contributed by atoms with Crippen LogP contribution in [0, 0.1) is 6.92 Å². The van der Waals surface area contributed by atoms with Crippen molar-refractivity contribution in [1.29, 1.82) is 0 Å². The lowest BCUT2D eigenvalue weighted by molar-refractivity contribution is 0.414. The molecule has 0 radical (unpaired) electrons. The van der Waals surface area contributed by atoms with Crippen molar-refractivity contribution in [2.24, 2.45) is 0 Å². The molecule has 110 valence electrons. The van der Waals surface area contributed by atoms with Gasteiger partial charge in [-0.2, -0.15) is 0 Å². The molecule has 0 amide bonds. The molecular weight excluding hydrogens is 354 g/mol. The van der Waals surface area contributed by atoms with Gasteiger partial charge in [0.15, 0.2) is 0 Å². The number of oxazole rings is 1. The van der Waals surface area contributed by atoms with Gasteiger partial charge in [0.1, 0.15) is 17.6 Å². The number of fused-ring (bicyclic) bond motifs is 1. The van der Waals surface area contributed by atoms with Gasteiger partial charge in [0, 0.05) is 4.47 Å². The number of aromatic nitrogens is 3. The summed E-state index contributed by atoms with van der Waals surface area (Å²) >= 11 is 9.82. The van der Waals surface area contributed by atoms with E-state index >= 15 is 0 Å². The SMILES string of the molecule is Cc1cnc(C(C)n2c(C(C)Cl)nc3ccc(Br)cc32)o1. The van der Waals surface area contributed by atoms with Crippen LogP contribution in [0.4, 0.5) is 0 Å². The topological polar surface area (TPSA) is 43.9 Å². The van der Waals surface area contributed by atoms with Gasteiger partial charge in [0.05, 0.1) is 22.6 Å². The maximum Gasteiger partial charge on any atom is 0.217 e. The summed E-state index contributed by atoms with van der Waals surface area (Å²) in [5.74, 6) is 2.27. The lowest BCUT2D eigenvalue weighted by Crippen LogP contribution is -2.11. The van der Waals surface area contributed by atoms with E-state index in [4.69, 9.17) is 16.0 Å². The highest BCUT2D eigenvalue weighted by Gasteiger charge is 2.23. The summed E-state index contributed by atoms with van der Waals surface area (Å²) in [6.45, 7) is 5.84. The smallest absolute Gasteiger partial charge is 0.217 e. The zero-order chi connectivity index (χ0) is 15.1. The molecule has 2 atom stereocenters. The van der Waals surface area contributed by atoms with E-state index in [0.717, 1.165) is 27.1 Å². The third-order valence-electron chi connectivity index (χ3n) is 3.42. The van der Waals surface area contributed by atoms with Gasteiger partial charge in [-0.3, -0.25) is 0 Å². The van der Waals surface area contributed by atoms with E-state index in [9.17, 15) is 0 Å². The third kappa shape index (κ3) is 2.60. The predicted octanol–water partition coefficient (Wildman–Crippen LogP) is 5.00. The van der Waals surface area contributed by atoms with Gasteiger partial charge in [-0.05, 0) is 39.0 Å². The number of benzene rings is 1. The number of hydrogen-bond acceptors (Lipinski definition) is 3.